The largest absolute Gasteiger partial charge is 0.387 e. The first kappa shape index (κ1) is 15.1. The van der Waals surface area contributed by atoms with E-state index in [0.717, 1.165) is 10.0 Å². The number of likely N-dealkylation sites (N-methyl/N-ethyl adjacent to an activating group) is 1. The van der Waals surface area contributed by atoms with Gasteiger partial charge in [0.1, 0.15) is 0 Å². The van der Waals surface area contributed by atoms with E-state index in [-0.39, 0.29) is 12.5 Å². The van der Waals surface area contributed by atoms with E-state index >= 15 is 0 Å². The van der Waals surface area contributed by atoms with Gasteiger partial charge in [0.05, 0.1) is 12.6 Å². The zero-order valence-corrected chi connectivity index (χ0v) is 12.3. The van der Waals surface area contributed by atoms with Crippen molar-refractivity contribution in [3.05, 3.63) is 34.3 Å². The van der Waals surface area contributed by atoms with Crippen LogP contribution in [0.25, 0.3) is 0 Å². The van der Waals surface area contributed by atoms with Crippen molar-refractivity contribution in [2.24, 2.45) is 0 Å². The van der Waals surface area contributed by atoms with Gasteiger partial charge in [0.2, 0.25) is 5.91 Å². The number of carbonyl (C=O) groups is 1. The third-order valence-electron chi connectivity index (χ3n) is 2.75. The first-order valence-electron chi connectivity index (χ1n) is 5.92. The Bertz CT molecular complexity index is 398. The van der Waals surface area contributed by atoms with Crippen LogP contribution in [0.3, 0.4) is 0 Å². The number of nitrogens with one attached hydrogen (secondary N) is 1. The van der Waals surface area contributed by atoms with Gasteiger partial charge in [-0.15, -0.1) is 0 Å². The van der Waals surface area contributed by atoms with Gasteiger partial charge in [-0.05, 0) is 24.6 Å². The molecular weight excluding hydrogens is 296 g/mol. The Kier molecular flexibility index (Phi) is 6.32. The van der Waals surface area contributed by atoms with Crippen LogP contribution >= 0.6 is 15.9 Å². The molecule has 2 N–H and O–H groups in total. The summed E-state index contributed by atoms with van der Waals surface area (Å²) in [4.78, 5) is 13.2. The van der Waals surface area contributed by atoms with E-state index in [1.165, 1.54) is 0 Å². The van der Waals surface area contributed by atoms with Crippen molar-refractivity contribution in [2.75, 3.05) is 26.7 Å². The zero-order valence-electron chi connectivity index (χ0n) is 10.7. The molecule has 0 saturated carbocycles. The summed E-state index contributed by atoms with van der Waals surface area (Å²) < 4.78 is 0.931. The summed E-state index contributed by atoms with van der Waals surface area (Å²) >= 11 is 3.36. The minimum Gasteiger partial charge on any atom is -0.387 e. The lowest BCUT2D eigenvalue weighted by Gasteiger charge is -2.16. The summed E-state index contributed by atoms with van der Waals surface area (Å²) in [5, 5.41) is 12.9. The minimum absolute atomic E-state index is 0.0268. The molecule has 1 unspecified atom stereocenters. The maximum atomic E-state index is 11.5. The van der Waals surface area contributed by atoms with Crippen LogP contribution in [-0.2, 0) is 4.79 Å². The Morgan fingerprint density at radius 2 is 2.28 bits per heavy atom. The second-order valence-electron chi connectivity index (χ2n) is 4.11. The third kappa shape index (κ3) is 4.76. The number of carbonyl (C=O) groups excluding carboxylic acids is 1. The Morgan fingerprint density at radius 3 is 2.89 bits per heavy atom. The van der Waals surface area contributed by atoms with Crippen LogP contribution in [0.1, 0.15) is 18.6 Å². The van der Waals surface area contributed by atoms with Gasteiger partial charge < -0.3 is 15.3 Å². The predicted octanol–water partition coefficient (Wildman–Crippen LogP) is 1.55. The summed E-state index contributed by atoms with van der Waals surface area (Å²) in [6.45, 7) is 3.22. The molecule has 0 radical (unpaired) electrons. The van der Waals surface area contributed by atoms with Crippen molar-refractivity contribution < 1.29 is 9.90 Å². The van der Waals surface area contributed by atoms with Gasteiger partial charge in [0, 0.05) is 24.6 Å². The molecule has 4 nitrogen and oxygen atoms in total. The third-order valence-corrected chi connectivity index (χ3v) is 3.24. The van der Waals surface area contributed by atoms with Crippen molar-refractivity contribution in [3.63, 3.8) is 0 Å². The SMILES string of the molecule is CCN(C)C(=O)CNCC(O)c1cccc(Br)c1. The van der Waals surface area contributed by atoms with Gasteiger partial charge in [-0.3, -0.25) is 4.79 Å². The van der Waals surface area contributed by atoms with Gasteiger partial charge in [0.15, 0.2) is 0 Å². The Labute approximate surface area is 116 Å². The molecule has 0 aliphatic rings. The van der Waals surface area contributed by atoms with Crippen molar-refractivity contribution >= 4 is 21.8 Å². The smallest absolute Gasteiger partial charge is 0.236 e. The second kappa shape index (κ2) is 7.51. The number of amides is 1. The average molecular weight is 315 g/mol. The second-order valence-corrected chi connectivity index (χ2v) is 5.03. The highest BCUT2D eigenvalue weighted by atomic mass is 79.9. The maximum Gasteiger partial charge on any atom is 0.236 e. The number of rotatable bonds is 6. The Balaban J connectivity index is 2.38. The van der Waals surface area contributed by atoms with Crippen molar-refractivity contribution in [2.45, 2.75) is 13.0 Å². The first-order chi connectivity index (χ1) is 8.54. The van der Waals surface area contributed by atoms with E-state index in [4.69, 9.17) is 0 Å². The molecule has 0 bridgehead atoms. The number of halogens is 1. The van der Waals surface area contributed by atoms with Crippen LogP contribution in [-0.4, -0.2) is 42.6 Å². The number of aliphatic hydroxyl groups is 1. The highest BCUT2D eigenvalue weighted by Gasteiger charge is 2.10. The van der Waals surface area contributed by atoms with Crippen LogP contribution in [0.15, 0.2) is 28.7 Å². The fraction of sp³-hybridized carbons (Fsp3) is 0.462. The van der Waals surface area contributed by atoms with Gasteiger partial charge in [-0.25, -0.2) is 0 Å². The Morgan fingerprint density at radius 1 is 1.56 bits per heavy atom. The van der Waals surface area contributed by atoms with Crippen LogP contribution in [0.5, 0.6) is 0 Å². The Hall–Kier alpha value is -0.910. The molecule has 5 heteroatoms. The number of benzene rings is 1. The van der Waals surface area contributed by atoms with Gasteiger partial charge in [-0.1, -0.05) is 28.1 Å². The molecule has 0 aromatic heterocycles. The lowest BCUT2D eigenvalue weighted by molar-refractivity contribution is -0.128. The molecule has 0 aliphatic heterocycles. The van der Waals surface area contributed by atoms with E-state index in [2.05, 4.69) is 21.2 Å². The topological polar surface area (TPSA) is 52.6 Å². The van der Waals surface area contributed by atoms with E-state index in [1.807, 2.05) is 31.2 Å². The van der Waals surface area contributed by atoms with Crippen LogP contribution < -0.4 is 5.32 Å². The van der Waals surface area contributed by atoms with Gasteiger partial charge >= 0.3 is 0 Å². The normalized spacial score (nSPS) is 12.2. The van der Waals surface area contributed by atoms with E-state index < -0.39 is 6.10 Å². The highest BCUT2D eigenvalue weighted by molar-refractivity contribution is 9.10. The summed E-state index contributed by atoms with van der Waals surface area (Å²) in [6.07, 6.45) is -0.609. The predicted molar refractivity (Wildman–Crippen MR) is 75.3 cm³/mol. The quantitative estimate of drug-likeness (QED) is 0.837. The average Bonchev–Trinajstić information content (AvgIpc) is 2.37. The fourth-order valence-electron chi connectivity index (χ4n) is 1.46. The zero-order chi connectivity index (χ0) is 13.5. The molecule has 100 valence electrons. The van der Waals surface area contributed by atoms with E-state index in [9.17, 15) is 9.90 Å². The standard InChI is InChI=1S/C13H19BrN2O2/c1-3-16(2)13(18)9-15-8-12(17)10-5-4-6-11(14)7-10/h4-7,12,15,17H,3,8-9H2,1-2H3. The van der Waals surface area contributed by atoms with Gasteiger partial charge in [0.25, 0.3) is 0 Å². The van der Waals surface area contributed by atoms with Crippen LogP contribution in [0.2, 0.25) is 0 Å². The summed E-state index contributed by atoms with van der Waals surface area (Å²) in [7, 11) is 1.76. The lowest BCUT2D eigenvalue weighted by Crippen LogP contribution is -2.36. The molecule has 1 rings (SSSR count). The van der Waals surface area contributed by atoms with E-state index in [0.29, 0.717) is 13.1 Å². The molecule has 0 saturated heterocycles. The molecule has 0 spiro atoms. The maximum absolute atomic E-state index is 11.5. The number of nitrogens with zero attached hydrogens (tertiary/aromatic N) is 1. The fourth-order valence-corrected chi connectivity index (χ4v) is 1.88. The van der Waals surface area contributed by atoms with Crippen molar-refractivity contribution in [1.29, 1.82) is 0 Å². The molecular formula is C13H19BrN2O2. The molecule has 1 atom stereocenters. The number of aliphatic hydroxyl groups excluding tert-OH is 1. The lowest BCUT2D eigenvalue weighted by atomic mass is 10.1. The summed E-state index contributed by atoms with van der Waals surface area (Å²) in [5.74, 6) is 0.0268. The molecule has 1 aromatic rings. The molecule has 18 heavy (non-hydrogen) atoms. The van der Waals surface area contributed by atoms with Crippen molar-refractivity contribution in [1.82, 2.24) is 10.2 Å². The van der Waals surface area contributed by atoms with Crippen LogP contribution in [0, 0.1) is 0 Å². The van der Waals surface area contributed by atoms with Crippen molar-refractivity contribution in [3.8, 4) is 0 Å². The molecule has 0 fully saturated rings. The number of hydrogen-bond acceptors (Lipinski definition) is 3. The monoisotopic (exact) mass is 314 g/mol. The summed E-state index contributed by atoms with van der Waals surface area (Å²) in [5.41, 5.74) is 0.827. The molecule has 1 amide bonds. The van der Waals surface area contributed by atoms with Gasteiger partial charge in [-0.2, -0.15) is 0 Å². The molecule has 0 aliphatic carbocycles. The summed E-state index contributed by atoms with van der Waals surface area (Å²) in [6, 6.07) is 7.51. The first-order valence-corrected chi connectivity index (χ1v) is 6.72. The van der Waals surface area contributed by atoms with E-state index in [1.54, 1.807) is 11.9 Å². The number of hydrogen-bond donors (Lipinski definition) is 2. The molecule has 0 heterocycles. The minimum atomic E-state index is -0.609. The van der Waals surface area contributed by atoms with Crippen LogP contribution in [0.4, 0.5) is 0 Å². The highest BCUT2D eigenvalue weighted by Crippen LogP contribution is 2.17. The molecule has 1 aromatic carbocycles.